The van der Waals surface area contributed by atoms with Gasteiger partial charge >= 0.3 is 0 Å². The van der Waals surface area contributed by atoms with Gasteiger partial charge in [0.2, 0.25) is 0 Å². The molecule has 0 bridgehead atoms. The fraction of sp³-hybridized carbons (Fsp3) is 0.200. The smallest absolute Gasteiger partial charge is 0.152 e. The Morgan fingerprint density at radius 1 is 1.56 bits per heavy atom. The number of imidazole rings is 1. The van der Waals surface area contributed by atoms with Crippen LogP contribution >= 0.6 is 0 Å². The monoisotopic (exact) mass is 218 g/mol. The second kappa shape index (κ2) is 3.82. The van der Waals surface area contributed by atoms with E-state index in [1.165, 1.54) is 5.12 Å². The highest BCUT2D eigenvalue weighted by atomic mass is 15.6. The van der Waals surface area contributed by atoms with Gasteiger partial charge in [-0.05, 0) is 19.1 Å². The van der Waals surface area contributed by atoms with Gasteiger partial charge in [-0.3, -0.25) is 0 Å². The lowest BCUT2D eigenvalue weighted by Crippen LogP contribution is -2.25. The van der Waals surface area contributed by atoms with E-state index in [9.17, 15) is 0 Å². The maximum Gasteiger partial charge on any atom is 0.152 e. The normalized spacial score (nSPS) is 12.1. The third kappa shape index (κ3) is 1.82. The first kappa shape index (κ1) is 10.4. The van der Waals surface area contributed by atoms with Gasteiger partial charge in [0.25, 0.3) is 0 Å². The zero-order chi connectivity index (χ0) is 11.7. The Balaban J connectivity index is 2.47. The molecule has 6 nitrogen and oxygen atoms in total. The van der Waals surface area contributed by atoms with Crippen LogP contribution in [0.25, 0.3) is 5.65 Å². The quantitative estimate of drug-likeness (QED) is 0.323. The van der Waals surface area contributed by atoms with Gasteiger partial charge < -0.3 is 10.1 Å². The second-order valence-corrected chi connectivity index (χ2v) is 3.60. The molecular formula is C10H14N6. The molecule has 0 aromatic carbocycles. The van der Waals surface area contributed by atoms with Gasteiger partial charge in [-0.25, -0.2) is 15.9 Å². The first-order valence-electron chi connectivity index (χ1n) is 4.84. The number of pyridine rings is 1. The molecule has 4 N–H and O–H groups in total. The van der Waals surface area contributed by atoms with Crippen molar-refractivity contribution in [1.29, 1.82) is 0 Å². The Hall–Kier alpha value is -2.08. The third-order valence-corrected chi connectivity index (χ3v) is 2.26. The molecule has 0 amide bonds. The zero-order valence-corrected chi connectivity index (χ0v) is 9.25. The summed E-state index contributed by atoms with van der Waals surface area (Å²) in [6.45, 7) is 1.99. The molecule has 6 heteroatoms. The third-order valence-electron chi connectivity index (χ3n) is 2.26. The van der Waals surface area contributed by atoms with Crippen molar-refractivity contribution in [3.8, 4) is 0 Å². The number of amidine groups is 1. The number of aryl methyl sites for hydroxylation is 1. The first-order chi connectivity index (χ1) is 7.58. The number of nitrogens with zero attached hydrogens (tertiary/aromatic N) is 4. The lowest BCUT2D eigenvalue weighted by molar-refractivity contribution is 0.371. The maximum atomic E-state index is 5.79. The van der Waals surface area contributed by atoms with Crippen LogP contribution in [0.5, 0.6) is 0 Å². The van der Waals surface area contributed by atoms with Crippen LogP contribution in [-0.4, -0.2) is 27.4 Å². The van der Waals surface area contributed by atoms with Crippen molar-refractivity contribution < 1.29 is 0 Å². The van der Waals surface area contributed by atoms with Gasteiger partial charge in [0.15, 0.2) is 5.84 Å². The molecule has 84 valence electrons. The van der Waals surface area contributed by atoms with Crippen molar-refractivity contribution in [2.45, 2.75) is 6.92 Å². The van der Waals surface area contributed by atoms with Crippen LogP contribution in [0, 0.1) is 6.92 Å². The number of nitrogens with two attached hydrogens (primary N) is 2. The highest BCUT2D eigenvalue weighted by Crippen LogP contribution is 2.08. The van der Waals surface area contributed by atoms with Crippen LogP contribution in [0.15, 0.2) is 29.6 Å². The molecule has 2 aromatic rings. The summed E-state index contributed by atoms with van der Waals surface area (Å²) in [4.78, 5) is 4.25. The highest BCUT2D eigenvalue weighted by Gasteiger charge is 2.03. The van der Waals surface area contributed by atoms with Gasteiger partial charge in [-0.2, -0.15) is 0 Å². The molecule has 0 aliphatic rings. The van der Waals surface area contributed by atoms with Gasteiger partial charge in [-0.15, -0.1) is 5.10 Å². The largest absolute Gasteiger partial charge is 0.382 e. The average molecular weight is 218 g/mol. The number of rotatable bonds is 2. The molecule has 0 radical (unpaired) electrons. The van der Waals surface area contributed by atoms with Crippen molar-refractivity contribution in [3.05, 3.63) is 35.8 Å². The summed E-state index contributed by atoms with van der Waals surface area (Å²) in [5, 5.41) is 5.11. The van der Waals surface area contributed by atoms with E-state index in [0.29, 0.717) is 5.84 Å². The molecule has 0 aliphatic carbocycles. The maximum absolute atomic E-state index is 5.79. The summed E-state index contributed by atoms with van der Waals surface area (Å²) < 4.78 is 1.98. The lowest BCUT2D eigenvalue weighted by Gasteiger charge is -2.07. The predicted molar refractivity (Wildman–Crippen MR) is 62.6 cm³/mol. The average Bonchev–Trinajstić information content (AvgIpc) is 2.59. The molecule has 0 unspecified atom stereocenters. The molecule has 2 aromatic heterocycles. The van der Waals surface area contributed by atoms with E-state index in [-0.39, 0.29) is 0 Å². The summed E-state index contributed by atoms with van der Waals surface area (Å²) in [6, 6.07) is 3.75. The molecule has 0 fully saturated rings. The molecule has 0 saturated heterocycles. The first-order valence-corrected chi connectivity index (χ1v) is 4.84. The molecule has 0 saturated carbocycles. The van der Waals surface area contributed by atoms with Crippen molar-refractivity contribution in [2.24, 2.45) is 16.7 Å². The van der Waals surface area contributed by atoms with Crippen molar-refractivity contribution in [2.75, 3.05) is 7.05 Å². The Morgan fingerprint density at radius 3 is 3.00 bits per heavy atom. The number of fused-ring (bicyclic) bond motifs is 1. The van der Waals surface area contributed by atoms with Crippen molar-refractivity contribution in [3.63, 3.8) is 0 Å². The van der Waals surface area contributed by atoms with Crippen molar-refractivity contribution >= 4 is 11.5 Å². The van der Waals surface area contributed by atoms with Crippen LogP contribution in [0.2, 0.25) is 0 Å². The van der Waals surface area contributed by atoms with Gasteiger partial charge in [0, 0.05) is 30.7 Å². The Labute approximate surface area is 93.1 Å². The van der Waals surface area contributed by atoms with Crippen LogP contribution < -0.4 is 11.6 Å². The minimum absolute atomic E-state index is 0.369. The van der Waals surface area contributed by atoms with E-state index in [1.54, 1.807) is 7.05 Å². The summed E-state index contributed by atoms with van der Waals surface area (Å²) in [6.07, 6.45) is 3.72. The molecule has 16 heavy (non-hydrogen) atoms. The zero-order valence-electron chi connectivity index (χ0n) is 9.25. The molecule has 2 rings (SSSR count). The van der Waals surface area contributed by atoms with E-state index >= 15 is 0 Å². The summed E-state index contributed by atoms with van der Waals surface area (Å²) >= 11 is 0. The number of aromatic nitrogens is 2. The summed E-state index contributed by atoms with van der Waals surface area (Å²) in [5.74, 6) is 5.76. The van der Waals surface area contributed by atoms with Crippen LogP contribution in [0.3, 0.4) is 0 Å². The Morgan fingerprint density at radius 2 is 2.31 bits per heavy atom. The van der Waals surface area contributed by atoms with E-state index in [4.69, 9.17) is 11.6 Å². The second-order valence-electron chi connectivity index (χ2n) is 3.60. The molecule has 0 spiro atoms. The summed E-state index contributed by atoms with van der Waals surface area (Å²) in [5.41, 5.74) is 8.50. The minimum Gasteiger partial charge on any atom is -0.382 e. The van der Waals surface area contributed by atoms with Crippen LogP contribution in [0.1, 0.15) is 11.3 Å². The Bertz CT molecular complexity index is 539. The fourth-order valence-corrected chi connectivity index (χ4v) is 1.49. The summed E-state index contributed by atoms with van der Waals surface area (Å²) in [7, 11) is 1.62. The fourth-order valence-electron chi connectivity index (χ4n) is 1.49. The van der Waals surface area contributed by atoms with Gasteiger partial charge in [0.1, 0.15) is 5.65 Å². The van der Waals surface area contributed by atoms with Crippen LogP contribution in [0.4, 0.5) is 0 Å². The molecule has 2 heterocycles. The topological polar surface area (TPSA) is 84.9 Å². The number of hydrogen-bond donors (Lipinski definition) is 2. The predicted octanol–water partition coefficient (Wildman–Crippen LogP) is 0.0685. The number of hydrazine groups is 1. The number of hydrogen-bond acceptors (Lipinski definition) is 4. The molecule has 0 aliphatic heterocycles. The number of hydrazone groups is 1. The molecular weight excluding hydrogens is 204 g/mol. The highest BCUT2D eigenvalue weighted by molar-refractivity contribution is 5.97. The van der Waals surface area contributed by atoms with E-state index in [2.05, 4.69) is 10.1 Å². The standard InChI is InChI=1S/C10H14N6/c1-7-6-13-9-5-8(3-4-16(7)9)10(11)14-15(2)12/h3-6H,12H2,1-2H3,(H2,11,14). The Kier molecular flexibility index (Phi) is 2.49. The molecule has 0 atom stereocenters. The lowest BCUT2D eigenvalue weighted by atomic mass is 10.2. The SMILES string of the molecule is Cc1cnc2cc(/C(N)=N/N(C)N)ccn12. The minimum atomic E-state index is 0.369. The van der Waals surface area contributed by atoms with E-state index < -0.39 is 0 Å². The van der Waals surface area contributed by atoms with Crippen LogP contribution in [-0.2, 0) is 0 Å². The van der Waals surface area contributed by atoms with Crippen molar-refractivity contribution in [1.82, 2.24) is 14.5 Å². The van der Waals surface area contributed by atoms with Gasteiger partial charge in [0.05, 0.1) is 0 Å². The van der Waals surface area contributed by atoms with E-state index in [0.717, 1.165) is 16.9 Å². The van der Waals surface area contributed by atoms with Gasteiger partial charge in [-0.1, -0.05) is 0 Å². The van der Waals surface area contributed by atoms with E-state index in [1.807, 2.05) is 35.9 Å².